The summed E-state index contributed by atoms with van der Waals surface area (Å²) < 4.78 is 0. The Morgan fingerprint density at radius 2 is 1.21 bits per heavy atom. The Hall–Kier alpha value is -3.79. The van der Waals surface area contributed by atoms with Crippen molar-refractivity contribution in [3.8, 4) is 0 Å². The van der Waals surface area contributed by atoms with E-state index in [9.17, 15) is 38.7 Å². The Morgan fingerprint density at radius 3 is 1.58 bits per heavy atom. The van der Waals surface area contributed by atoms with Crippen LogP contribution < -0.4 is 27.4 Å². The van der Waals surface area contributed by atoms with Crippen molar-refractivity contribution in [1.29, 1.82) is 0 Å². The molecule has 0 heterocycles. The second-order valence-electron chi connectivity index (χ2n) is 6.99. The van der Waals surface area contributed by atoms with E-state index in [0.29, 0.717) is 0 Å². The van der Waals surface area contributed by atoms with E-state index in [0.717, 1.165) is 6.92 Å². The molecule has 16 heteroatoms. The molecule has 0 aliphatic heterocycles. The van der Waals surface area contributed by atoms with Crippen LogP contribution in [0.25, 0.3) is 0 Å². The smallest absolute Gasteiger partial charge is 0.328 e. The molecule has 0 saturated carbocycles. The normalized spacial score (nSPS) is 15.1. The quantitative estimate of drug-likeness (QED) is 0.108. The summed E-state index contributed by atoms with van der Waals surface area (Å²) in [5.74, 6) is -9.10. The highest BCUT2D eigenvalue weighted by atomic mass is 16.4. The molecule has 5 unspecified atom stereocenters. The van der Waals surface area contributed by atoms with E-state index in [1.54, 1.807) is 0 Å². The van der Waals surface area contributed by atoms with Crippen LogP contribution in [0.3, 0.4) is 0 Å². The van der Waals surface area contributed by atoms with Crippen molar-refractivity contribution in [2.75, 3.05) is 0 Å². The van der Waals surface area contributed by atoms with Crippen molar-refractivity contribution in [2.45, 2.75) is 62.9 Å². The monoisotopic (exact) mass is 477 g/mol. The highest BCUT2D eigenvalue weighted by Gasteiger charge is 2.33. The van der Waals surface area contributed by atoms with E-state index in [2.05, 4.69) is 0 Å². The van der Waals surface area contributed by atoms with Gasteiger partial charge < -0.3 is 47.8 Å². The van der Waals surface area contributed by atoms with Crippen LogP contribution in [-0.2, 0) is 33.6 Å². The van der Waals surface area contributed by atoms with Gasteiger partial charge in [-0.15, -0.1) is 0 Å². The molecule has 0 fully saturated rings. The van der Waals surface area contributed by atoms with Gasteiger partial charge in [0, 0.05) is 6.42 Å². The third-order valence-corrected chi connectivity index (χ3v) is 4.11. The molecule has 5 atom stereocenters. The third kappa shape index (κ3) is 11.4. The van der Waals surface area contributed by atoms with Crippen LogP contribution in [0.4, 0.5) is 0 Å². The molecular formula is C17H27N5O11. The number of aliphatic carboxylic acids is 3. The Balaban J connectivity index is 5.51. The van der Waals surface area contributed by atoms with E-state index in [1.165, 1.54) is 0 Å². The standard InChI is InChI=1S/C17H27N5O11/c1-6(23)13(17(32)33)22-16(31)9(5-12(27)28)21-15(30)8(4-11(25)26)20-14(29)7(18)2-3-10(19)24/h6-9,13,23H,2-5,18H2,1H3,(H2,19,24)(H,20,29)(H,21,30)(H,22,31)(H,25,26)(H,27,28)(H,32,33). The zero-order valence-corrected chi connectivity index (χ0v) is 17.5. The first-order valence-corrected chi connectivity index (χ1v) is 9.45. The van der Waals surface area contributed by atoms with E-state index in [1.807, 2.05) is 16.0 Å². The van der Waals surface area contributed by atoms with E-state index in [-0.39, 0.29) is 12.8 Å². The maximum Gasteiger partial charge on any atom is 0.328 e. The number of nitrogens with two attached hydrogens (primary N) is 2. The van der Waals surface area contributed by atoms with Crippen LogP contribution in [0, 0.1) is 0 Å². The second-order valence-corrected chi connectivity index (χ2v) is 6.99. The van der Waals surface area contributed by atoms with E-state index in [4.69, 9.17) is 26.8 Å². The van der Waals surface area contributed by atoms with Crippen molar-refractivity contribution in [3.05, 3.63) is 0 Å². The lowest BCUT2D eigenvalue weighted by atomic mass is 10.1. The molecule has 0 bridgehead atoms. The number of aliphatic hydroxyl groups excluding tert-OH is 1. The number of carboxylic acids is 3. The van der Waals surface area contributed by atoms with Gasteiger partial charge in [0.25, 0.3) is 0 Å². The first-order chi connectivity index (χ1) is 15.1. The maximum atomic E-state index is 12.5. The van der Waals surface area contributed by atoms with Crippen LogP contribution in [-0.4, -0.2) is 92.2 Å². The molecule has 0 aromatic heterocycles. The Kier molecular flexibility index (Phi) is 12.0. The molecule has 0 radical (unpaired) electrons. The fourth-order valence-corrected chi connectivity index (χ4v) is 2.39. The van der Waals surface area contributed by atoms with Gasteiger partial charge in [-0.25, -0.2) is 4.79 Å². The lowest BCUT2D eigenvalue weighted by molar-refractivity contribution is -0.146. The minimum atomic E-state index is -1.88. The predicted molar refractivity (Wildman–Crippen MR) is 106 cm³/mol. The molecule has 0 rings (SSSR count). The number of carboxylic acid groups (broad SMARTS) is 3. The van der Waals surface area contributed by atoms with Crippen LogP contribution >= 0.6 is 0 Å². The van der Waals surface area contributed by atoms with E-state index < -0.39 is 84.6 Å². The average Bonchev–Trinajstić information content (AvgIpc) is 2.67. The number of nitrogens with one attached hydrogen (secondary N) is 3. The van der Waals surface area contributed by atoms with Gasteiger partial charge in [-0.2, -0.15) is 0 Å². The lowest BCUT2D eigenvalue weighted by Gasteiger charge is -2.24. The molecule has 186 valence electrons. The van der Waals surface area contributed by atoms with Crippen LogP contribution in [0.2, 0.25) is 0 Å². The first-order valence-electron chi connectivity index (χ1n) is 9.45. The summed E-state index contributed by atoms with van der Waals surface area (Å²) in [6, 6.07) is -6.84. The first kappa shape index (κ1) is 29.2. The summed E-state index contributed by atoms with van der Waals surface area (Å²) in [7, 11) is 0. The lowest BCUT2D eigenvalue weighted by Crippen LogP contribution is -2.59. The Bertz CT molecular complexity index is 785. The number of amides is 4. The molecule has 0 spiro atoms. The Labute approximate surface area is 186 Å². The predicted octanol–water partition coefficient (Wildman–Crippen LogP) is -4.55. The molecule has 0 aromatic carbocycles. The van der Waals surface area contributed by atoms with Crippen molar-refractivity contribution in [3.63, 3.8) is 0 Å². The van der Waals surface area contributed by atoms with Gasteiger partial charge in [0.05, 0.1) is 25.0 Å². The number of rotatable bonds is 15. The zero-order chi connectivity index (χ0) is 25.9. The molecule has 0 aliphatic rings. The van der Waals surface area contributed by atoms with Crippen molar-refractivity contribution in [1.82, 2.24) is 16.0 Å². The van der Waals surface area contributed by atoms with Crippen molar-refractivity contribution in [2.24, 2.45) is 11.5 Å². The SMILES string of the molecule is CC(O)C(NC(=O)C(CC(=O)O)NC(=O)C(CC(=O)O)NC(=O)C(N)CCC(N)=O)C(=O)O. The third-order valence-electron chi connectivity index (χ3n) is 4.11. The summed E-state index contributed by atoms with van der Waals surface area (Å²) >= 11 is 0. The molecule has 16 nitrogen and oxygen atoms in total. The minimum absolute atomic E-state index is 0.206. The summed E-state index contributed by atoms with van der Waals surface area (Å²) in [6.07, 6.45) is -4.06. The number of primary amides is 1. The number of aliphatic hydroxyl groups is 1. The van der Waals surface area contributed by atoms with Gasteiger partial charge in [-0.05, 0) is 13.3 Å². The summed E-state index contributed by atoms with van der Waals surface area (Å²) in [5.41, 5.74) is 10.5. The molecule has 0 aromatic rings. The maximum absolute atomic E-state index is 12.5. The number of hydrogen-bond acceptors (Lipinski definition) is 9. The molecular weight excluding hydrogens is 450 g/mol. The van der Waals surface area contributed by atoms with Gasteiger partial charge >= 0.3 is 17.9 Å². The molecule has 11 N–H and O–H groups in total. The van der Waals surface area contributed by atoms with Crippen LogP contribution in [0.1, 0.15) is 32.6 Å². The van der Waals surface area contributed by atoms with Crippen molar-refractivity contribution < 1.29 is 54.0 Å². The van der Waals surface area contributed by atoms with Gasteiger partial charge in [0.2, 0.25) is 23.6 Å². The summed E-state index contributed by atoms with van der Waals surface area (Å²) in [6.45, 7) is 1.05. The Morgan fingerprint density at radius 1 is 0.788 bits per heavy atom. The molecule has 0 aliphatic carbocycles. The number of carbonyl (C=O) groups is 7. The topological polar surface area (TPSA) is 289 Å². The summed E-state index contributed by atoms with van der Waals surface area (Å²) in [5, 5.41) is 42.3. The zero-order valence-electron chi connectivity index (χ0n) is 17.5. The molecule has 33 heavy (non-hydrogen) atoms. The van der Waals surface area contributed by atoms with Crippen LogP contribution in [0.5, 0.6) is 0 Å². The second kappa shape index (κ2) is 13.6. The van der Waals surface area contributed by atoms with Gasteiger partial charge in [-0.1, -0.05) is 0 Å². The highest BCUT2D eigenvalue weighted by Crippen LogP contribution is 2.03. The molecule has 0 saturated heterocycles. The molecule has 4 amide bonds. The summed E-state index contributed by atoms with van der Waals surface area (Å²) in [4.78, 5) is 81.0. The average molecular weight is 477 g/mol. The largest absolute Gasteiger partial charge is 0.481 e. The fourth-order valence-electron chi connectivity index (χ4n) is 2.39. The van der Waals surface area contributed by atoms with Gasteiger partial charge in [-0.3, -0.25) is 28.8 Å². The minimum Gasteiger partial charge on any atom is -0.481 e. The van der Waals surface area contributed by atoms with E-state index >= 15 is 0 Å². The fraction of sp³-hybridized carbons (Fsp3) is 0.588. The van der Waals surface area contributed by atoms with Crippen molar-refractivity contribution >= 4 is 41.5 Å². The number of carbonyl (C=O) groups excluding carboxylic acids is 4. The van der Waals surface area contributed by atoms with Gasteiger partial charge in [0.15, 0.2) is 6.04 Å². The number of hydrogen-bond donors (Lipinski definition) is 9. The highest BCUT2D eigenvalue weighted by molar-refractivity contribution is 5.97. The van der Waals surface area contributed by atoms with Gasteiger partial charge in [0.1, 0.15) is 12.1 Å². The van der Waals surface area contributed by atoms with Crippen LogP contribution in [0.15, 0.2) is 0 Å².